The third-order valence-corrected chi connectivity index (χ3v) is 1.56. The van der Waals surface area contributed by atoms with Crippen molar-refractivity contribution >= 4 is 23.5 Å². The Morgan fingerprint density at radius 2 is 1.67 bits per heavy atom. The zero-order valence-electron chi connectivity index (χ0n) is 6.61. The number of esters is 2. The van der Waals surface area contributed by atoms with Crippen LogP contribution in [0.25, 0.3) is 0 Å². The minimum absolute atomic E-state index is 0.880. The van der Waals surface area contributed by atoms with Crippen LogP contribution in [0.1, 0.15) is 0 Å². The van der Waals surface area contributed by atoms with Gasteiger partial charge in [-0.1, -0.05) is 0 Å². The molecule has 0 bridgehead atoms. The van der Waals surface area contributed by atoms with E-state index in [9.17, 15) is 9.59 Å². The summed E-state index contributed by atoms with van der Waals surface area (Å²) in [6, 6.07) is 0. The highest BCUT2D eigenvalue weighted by Gasteiger charge is 2.31. The molecule has 0 radical (unpaired) electrons. The highest BCUT2D eigenvalue weighted by atomic mass is 35.5. The molecular formula is C6H9ClO5. The van der Waals surface area contributed by atoms with Crippen molar-refractivity contribution < 1.29 is 24.2 Å². The average Bonchev–Trinajstić information content (AvgIpc) is 2.12. The van der Waals surface area contributed by atoms with Crippen LogP contribution in [0.15, 0.2) is 0 Å². The van der Waals surface area contributed by atoms with Crippen LogP contribution in [0.4, 0.5) is 0 Å². The summed E-state index contributed by atoms with van der Waals surface area (Å²) in [5, 5.41) is 7.55. The lowest BCUT2D eigenvalue weighted by Crippen LogP contribution is -2.37. The predicted molar refractivity (Wildman–Crippen MR) is 39.7 cm³/mol. The number of carbonyl (C=O) groups is 2. The Hall–Kier alpha value is -0.810. The Morgan fingerprint density at radius 1 is 1.25 bits per heavy atom. The molecular weight excluding hydrogens is 188 g/mol. The van der Waals surface area contributed by atoms with Crippen LogP contribution in [-0.2, 0) is 19.1 Å². The Morgan fingerprint density at radius 3 is 2.00 bits per heavy atom. The van der Waals surface area contributed by atoms with Crippen molar-refractivity contribution in [3.05, 3.63) is 0 Å². The molecule has 0 saturated heterocycles. The van der Waals surface area contributed by atoms with E-state index in [4.69, 9.17) is 16.7 Å². The van der Waals surface area contributed by atoms with Crippen LogP contribution >= 0.6 is 11.6 Å². The smallest absolute Gasteiger partial charge is 0.336 e. The van der Waals surface area contributed by atoms with E-state index in [0.29, 0.717) is 0 Å². The molecule has 5 nitrogen and oxygen atoms in total. The van der Waals surface area contributed by atoms with E-state index >= 15 is 0 Å². The van der Waals surface area contributed by atoms with Crippen LogP contribution < -0.4 is 0 Å². The monoisotopic (exact) mass is 196 g/mol. The van der Waals surface area contributed by atoms with Gasteiger partial charge in [-0.2, -0.15) is 0 Å². The van der Waals surface area contributed by atoms with E-state index in [-0.39, 0.29) is 0 Å². The normalized spacial score (nSPS) is 14.7. The number of rotatable bonds is 3. The number of aliphatic hydroxyl groups is 1. The van der Waals surface area contributed by atoms with Crippen molar-refractivity contribution in [2.75, 3.05) is 14.2 Å². The molecule has 0 aliphatic rings. The number of hydrogen-bond acceptors (Lipinski definition) is 5. The third kappa shape index (κ3) is 2.67. The Labute approximate surface area is 74.2 Å². The topological polar surface area (TPSA) is 72.8 Å². The van der Waals surface area contributed by atoms with Gasteiger partial charge in [-0.15, -0.1) is 11.6 Å². The molecule has 0 fully saturated rings. The number of alkyl halides is 1. The molecule has 12 heavy (non-hydrogen) atoms. The van der Waals surface area contributed by atoms with Gasteiger partial charge in [0.15, 0.2) is 11.5 Å². The van der Waals surface area contributed by atoms with Crippen molar-refractivity contribution in [2.24, 2.45) is 0 Å². The first-order valence-corrected chi connectivity index (χ1v) is 3.46. The maximum Gasteiger partial charge on any atom is 0.336 e. The molecule has 0 spiro atoms. The minimum atomic E-state index is -1.69. The molecule has 0 rings (SSSR count). The zero-order valence-corrected chi connectivity index (χ0v) is 7.37. The summed E-state index contributed by atoms with van der Waals surface area (Å²) < 4.78 is 8.34. The molecule has 0 aromatic heterocycles. The van der Waals surface area contributed by atoms with Crippen molar-refractivity contribution in [1.82, 2.24) is 0 Å². The molecule has 6 heteroatoms. The fourth-order valence-electron chi connectivity index (χ4n) is 0.482. The van der Waals surface area contributed by atoms with Gasteiger partial charge < -0.3 is 14.6 Å². The van der Waals surface area contributed by atoms with Crippen molar-refractivity contribution in [3.8, 4) is 0 Å². The molecule has 2 atom stereocenters. The van der Waals surface area contributed by atoms with E-state index in [1.165, 1.54) is 0 Å². The fraction of sp³-hybridized carbons (Fsp3) is 0.667. The van der Waals surface area contributed by atoms with E-state index in [1.54, 1.807) is 0 Å². The Kier molecular flexibility index (Phi) is 4.61. The second-order valence-corrected chi connectivity index (χ2v) is 2.36. The van der Waals surface area contributed by atoms with Gasteiger partial charge in [0.2, 0.25) is 0 Å². The highest BCUT2D eigenvalue weighted by molar-refractivity contribution is 6.31. The van der Waals surface area contributed by atoms with Gasteiger partial charge in [0, 0.05) is 0 Å². The molecule has 70 valence electrons. The first kappa shape index (κ1) is 11.2. The van der Waals surface area contributed by atoms with Crippen molar-refractivity contribution in [3.63, 3.8) is 0 Å². The maximum atomic E-state index is 10.7. The van der Waals surface area contributed by atoms with Crippen LogP contribution in [0.5, 0.6) is 0 Å². The SMILES string of the molecule is COC(=O)[C@@H](Cl)[C@@H](O)C(=O)OC. The van der Waals surface area contributed by atoms with Crippen LogP contribution in [0.2, 0.25) is 0 Å². The molecule has 0 heterocycles. The number of aliphatic hydroxyl groups excluding tert-OH is 1. The number of hydrogen-bond donors (Lipinski definition) is 1. The standard InChI is InChI=1S/C6H9ClO5/c1-11-5(9)3(7)4(8)6(10)12-2/h3-4,8H,1-2H3/t3-,4+/m0/s1. The fourth-order valence-corrected chi connectivity index (χ4v) is 0.674. The molecule has 0 aromatic carbocycles. The largest absolute Gasteiger partial charge is 0.468 e. The number of methoxy groups -OCH3 is 2. The van der Waals surface area contributed by atoms with E-state index in [0.717, 1.165) is 14.2 Å². The van der Waals surface area contributed by atoms with E-state index in [2.05, 4.69) is 9.47 Å². The lowest BCUT2D eigenvalue weighted by molar-refractivity contribution is -0.156. The molecule has 0 aliphatic carbocycles. The van der Waals surface area contributed by atoms with Gasteiger partial charge in [-0.05, 0) is 0 Å². The summed E-state index contributed by atoms with van der Waals surface area (Å²) in [7, 11) is 2.17. The van der Waals surface area contributed by atoms with Gasteiger partial charge in [0.25, 0.3) is 0 Å². The molecule has 0 aliphatic heterocycles. The van der Waals surface area contributed by atoms with Crippen LogP contribution in [0.3, 0.4) is 0 Å². The van der Waals surface area contributed by atoms with Crippen LogP contribution in [-0.4, -0.2) is 42.7 Å². The maximum absolute atomic E-state index is 10.7. The van der Waals surface area contributed by atoms with E-state index < -0.39 is 23.4 Å². The molecule has 0 aromatic rings. The minimum Gasteiger partial charge on any atom is -0.468 e. The summed E-state index contributed by atoms with van der Waals surface area (Å²) in [5.74, 6) is -1.85. The molecule has 0 saturated carbocycles. The van der Waals surface area contributed by atoms with E-state index in [1.807, 2.05) is 0 Å². The van der Waals surface area contributed by atoms with Crippen molar-refractivity contribution in [2.45, 2.75) is 11.5 Å². The number of carbonyl (C=O) groups excluding carboxylic acids is 2. The second kappa shape index (κ2) is 4.95. The quantitative estimate of drug-likeness (QED) is 0.477. The molecule has 0 amide bonds. The lowest BCUT2D eigenvalue weighted by atomic mass is 10.2. The highest BCUT2D eigenvalue weighted by Crippen LogP contribution is 2.06. The summed E-state index contributed by atoms with van der Waals surface area (Å²) in [5.41, 5.74) is 0. The number of halogens is 1. The summed E-state index contributed by atoms with van der Waals surface area (Å²) in [6.45, 7) is 0. The molecule has 0 unspecified atom stereocenters. The summed E-state index contributed by atoms with van der Waals surface area (Å²) in [6.07, 6.45) is -1.69. The second-order valence-electron chi connectivity index (χ2n) is 1.89. The summed E-state index contributed by atoms with van der Waals surface area (Å²) >= 11 is 5.33. The Balaban J connectivity index is 4.18. The number of ether oxygens (including phenoxy) is 2. The van der Waals surface area contributed by atoms with Crippen molar-refractivity contribution in [1.29, 1.82) is 0 Å². The van der Waals surface area contributed by atoms with Gasteiger partial charge in [0.05, 0.1) is 14.2 Å². The summed E-state index contributed by atoms with van der Waals surface area (Å²) in [4.78, 5) is 21.3. The predicted octanol–water partition coefficient (Wildman–Crippen LogP) is -0.699. The van der Waals surface area contributed by atoms with Gasteiger partial charge in [-0.3, -0.25) is 4.79 Å². The van der Waals surface area contributed by atoms with Gasteiger partial charge in [-0.25, -0.2) is 4.79 Å². The zero-order chi connectivity index (χ0) is 9.72. The Bertz CT molecular complexity index is 161. The van der Waals surface area contributed by atoms with Crippen LogP contribution in [0, 0.1) is 0 Å². The van der Waals surface area contributed by atoms with Gasteiger partial charge in [0.1, 0.15) is 0 Å². The lowest BCUT2D eigenvalue weighted by Gasteiger charge is -2.11. The third-order valence-electron chi connectivity index (χ3n) is 1.15. The average molecular weight is 197 g/mol. The first-order valence-electron chi connectivity index (χ1n) is 3.02. The van der Waals surface area contributed by atoms with Gasteiger partial charge >= 0.3 is 11.9 Å². The first-order chi connectivity index (χ1) is 5.54. The molecule has 1 N–H and O–H groups in total.